The van der Waals surface area contributed by atoms with Crippen LogP contribution in [0.2, 0.25) is 0 Å². The van der Waals surface area contributed by atoms with Crippen LogP contribution in [0.25, 0.3) is 28.0 Å². The van der Waals surface area contributed by atoms with Crippen LogP contribution in [-0.4, -0.2) is 47.8 Å². The topological polar surface area (TPSA) is 77.9 Å². The highest BCUT2D eigenvalue weighted by Gasteiger charge is 2.39. The molecule has 0 spiro atoms. The normalized spacial score (nSPS) is 15.9. The van der Waals surface area contributed by atoms with Crippen LogP contribution >= 0.6 is 0 Å². The van der Waals surface area contributed by atoms with Gasteiger partial charge in [0.15, 0.2) is 0 Å². The first-order valence-corrected chi connectivity index (χ1v) is 9.22. The minimum Gasteiger partial charge on any atom is -0.317 e. The third kappa shape index (κ3) is 2.56. The van der Waals surface area contributed by atoms with E-state index < -0.39 is 0 Å². The number of likely N-dealkylation sites (N-methyl/N-ethyl adjacent to an activating group) is 1. The van der Waals surface area contributed by atoms with E-state index >= 15 is 0 Å². The van der Waals surface area contributed by atoms with Crippen molar-refractivity contribution in [2.24, 2.45) is 7.05 Å². The maximum absolute atomic E-state index is 4.93. The van der Waals surface area contributed by atoms with Gasteiger partial charge in [0, 0.05) is 37.1 Å². The van der Waals surface area contributed by atoms with Gasteiger partial charge in [0.1, 0.15) is 0 Å². The number of hydrogen-bond acceptors (Lipinski definition) is 5. The van der Waals surface area contributed by atoms with Gasteiger partial charge in [0.05, 0.1) is 47.2 Å². The van der Waals surface area contributed by atoms with Gasteiger partial charge in [-0.2, -0.15) is 15.3 Å². The van der Waals surface area contributed by atoms with Crippen molar-refractivity contribution < 1.29 is 0 Å². The van der Waals surface area contributed by atoms with E-state index in [0.717, 1.165) is 47.4 Å². The number of aromatic nitrogens is 7. The molecule has 1 aliphatic rings. The summed E-state index contributed by atoms with van der Waals surface area (Å²) in [6.45, 7) is 0.930. The van der Waals surface area contributed by atoms with E-state index in [1.807, 2.05) is 49.5 Å². The fourth-order valence-corrected chi connectivity index (χ4v) is 3.94. The molecule has 0 aromatic carbocycles. The van der Waals surface area contributed by atoms with E-state index in [9.17, 15) is 0 Å². The molecule has 0 radical (unpaired) electrons. The van der Waals surface area contributed by atoms with Crippen LogP contribution in [0.1, 0.15) is 19.3 Å². The first kappa shape index (κ1) is 16.2. The molecule has 0 unspecified atom stereocenters. The molecule has 4 heterocycles. The summed E-state index contributed by atoms with van der Waals surface area (Å²) in [6, 6.07) is 1.99. The summed E-state index contributed by atoms with van der Waals surface area (Å²) in [5.41, 5.74) is 4.76. The Bertz CT molecular complexity index is 1100. The Morgan fingerprint density at radius 2 is 1.93 bits per heavy atom. The van der Waals surface area contributed by atoms with Gasteiger partial charge < -0.3 is 5.32 Å². The van der Waals surface area contributed by atoms with Crippen LogP contribution in [0, 0.1) is 0 Å². The molecule has 0 saturated heterocycles. The van der Waals surface area contributed by atoms with Gasteiger partial charge in [-0.25, -0.2) is 9.50 Å². The molecule has 5 rings (SSSR count). The first-order valence-electron chi connectivity index (χ1n) is 9.22. The second-order valence-corrected chi connectivity index (χ2v) is 7.32. The Balaban J connectivity index is 1.62. The van der Waals surface area contributed by atoms with Gasteiger partial charge >= 0.3 is 0 Å². The van der Waals surface area contributed by atoms with Crippen LogP contribution in [0.3, 0.4) is 0 Å². The summed E-state index contributed by atoms with van der Waals surface area (Å²) in [5.74, 6) is 0. The molecule has 0 aliphatic heterocycles. The van der Waals surface area contributed by atoms with Crippen molar-refractivity contribution in [3.63, 3.8) is 0 Å². The van der Waals surface area contributed by atoms with Crippen molar-refractivity contribution >= 4 is 5.52 Å². The summed E-state index contributed by atoms with van der Waals surface area (Å²) < 4.78 is 5.77. The Morgan fingerprint density at radius 1 is 1.07 bits per heavy atom. The van der Waals surface area contributed by atoms with E-state index in [4.69, 9.17) is 10.1 Å². The lowest BCUT2D eigenvalue weighted by Gasteiger charge is -2.42. The van der Waals surface area contributed by atoms with Gasteiger partial charge in [-0.1, -0.05) is 0 Å². The highest BCUT2D eigenvalue weighted by molar-refractivity contribution is 5.78. The van der Waals surface area contributed by atoms with E-state index in [0.29, 0.717) is 0 Å². The maximum Gasteiger partial charge on any atom is 0.0999 e. The Labute approximate surface area is 156 Å². The zero-order valence-electron chi connectivity index (χ0n) is 15.5. The van der Waals surface area contributed by atoms with Gasteiger partial charge in [-0.05, 0) is 32.4 Å². The lowest BCUT2D eigenvalue weighted by Crippen LogP contribution is -2.48. The van der Waals surface area contributed by atoms with E-state index in [2.05, 4.69) is 26.4 Å². The molecule has 138 valence electrons. The van der Waals surface area contributed by atoms with Crippen LogP contribution in [0.15, 0.2) is 43.2 Å². The van der Waals surface area contributed by atoms with Crippen LogP contribution in [-0.2, 0) is 12.6 Å². The molecule has 1 fully saturated rings. The molecular weight excluding hydrogens is 340 g/mol. The fraction of sp³-hybridized carbons (Fsp3) is 0.368. The third-order valence-electron chi connectivity index (χ3n) is 5.52. The summed E-state index contributed by atoms with van der Waals surface area (Å²) in [5, 5.41) is 16.7. The van der Waals surface area contributed by atoms with Crippen LogP contribution in [0.4, 0.5) is 0 Å². The Kier molecular flexibility index (Phi) is 3.61. The Morgan fingerprint density at radius 3 is 2.63 bits per heavy atom. The van der Waals surface area contributed by atoms with Crippen molar-refractivity contribution in [2.75, 3.05) is 13.6 Å². The van der Waals surface area contributed by atoms with E-state index in [1.54, 1.807) is 10.9 Å². The van der Waals surface area contributed by atoms with Gasteiger partial charge in [-0.3, -0.25) is 9.36 Å². The van der Waals surface area contributed by atoms with Gasteiger partial charge in [-0.15, -0.1) is 0 Å². The maximum atomic E-state index is 4.93. The number of nitrogens with zero attached hydrogens (tertiary/aromatic N) is 7. The highest BCUT2D eigenvalue weighted by atomic mass is 15.3. The number of rotatable bonds is 5. The Hall–Kier alpha value is -3.00. The van der Waals surface area contributed by atoms with Crippen LogP contribution in [0.5, 0.6) is 0 Å². The quantitative estimate of drug-likeness (QED) is 0.588. The lowest BCUT2D eigenvalue weighted by atomic mass is 9.77. The predicted octanol–water partition coefficient (Wildman–Crippen LogP) is 2.09. The number of aryl methyl sites for hydroxylation is 1. The zero-order valence-corrected chi connectivity index (χ0v) is 15.5. The SMILES string of the molecule is CNCC1(n2cc(-c3nc(-c4cnn(C)c4)cn4nccc34)cn2)CCC1. The van der Waals surface area contributed by atoms with Crippen LogP contribution < -0.4 is 5.32 Å². The molecule has 1 aliphatic carbocycles. The largest absolute Gasteiger partial charge is 0.317 e. The van der Waals surface area contributed by atoms with Crippen molar-refractivity contribution in [2.45, 2.75) is 24.8 Å². The fourth-order valence-electron chi connectivity index (χ4n) is 3.94. The summed E-state index contributed by atoms with van der Waals surface area (Å²) in [6.07, 6.45) is 15.1. The molecule has 27 heavy (non-hydrogen) atoms. The second-order valence-electron chi connectivity index (χ2n) is 7.32. The van der Waals surface area contributed by atoms with Gasteiger partial charge in [0.2, 0.25) is 0 Å². The van der Waals surface area contributed by atoms with E-state index in [-0.39, 0.29) is 5.54 Å². The lowest BCUT2D eigenvalue weighted by molar-refractivity contribution is 0.125. The standard InChI is InChI=1S/C19H22N8/c1-20-13-19(5-3-6-19)27-11-15(9-23-27)18-17-4-7-21-26(17)12-16(24-18)14-8-22-25(2)10-14/h4,7-12,20H,3,5-6,13H2,1-2H3. The number of nitrogens with one attached hydrogen (secondary N) is 1. The van der Waals surface area contributed by atoms with Crippen molar-refractivity contribution in [1.29, 1.82) is 0 Å². The average Bonchev–Trinajstić information content (AvgIpc) is 3.37. The number of hydrogen-bond donors (Lipinski definition) is 1. The van der Waals surface area contributed by atoms with E-state index in [1.165, 1.54) is 6.42 Å². The summed E-state index contributed by atoms with van der Waals surface area (Å²) in [4.78, 5) is 4.93. The van der Waals surface area contributed by atoms with Crippen molar-refractivity contribution in [3.05, 3.63) is 43.2 Å². The van der Waals surface area contributed by atoms with Crippen molar-refractivity contribution in [3.8, 4) is 22.5 Å². The molecule has 1 N–H and O–H groups in total. The third-order valence-corrected chi connectivity index (χ3v) is 5.52. The summed E-state index contributed by atoms with van der Waals surface area (Å²) in [7, 11) is 3.90. The molecule has 1 saturated carbocycles. The molecule has 8 nitrogen and oxygen atoms in total. The van der Waals surface area contributed by atoms with Gasteiger partial charge in [0.25, 0.3) is 0 Å². The molecule has 8 heteroatoms. The smallest absolute Gasteiger partial charge is 0.0999 e. The number of fused-ring (bicyclic) bond motifs is 1. The molecule has 0 bridgehead atoms. The summed E-state index contributed by atoms with van der Waals surface area (Å²) >= 11 is 0. The minimum absolute atomic E-state index is 0.0878. The molecule has 0 amide bonds. The van der Waals surface area contributed by atoms with Crippen molar-refractivity contribution in [1.82, 2.24) is 39.5 Å². The molecule has 4 aromatic heterocycles. The monoisotopic (exact) mass is 362 g/mol. The molecule has 0 atom stereocenters. The zero-order chi connectivity index (χ0) is 18.4. The highest BCUT2D eigenvalue weighted by Crippen LogP contribution is 2.39. The molecular formula is C19H22N8. The second kappa shape index (κ2) is 6.02. The minimum atomic E-state index is 0.0878. The first-order chi connectivity index (χ1) is 13.2. The average molecular weight is 362 g/mol. The predicted molar refractivity (Wildman–Crippen MR) is 102 cm³/mol. The molecule has 4 aromatic rings.